The summed E-state index contributed by atoms with van der Waals surface area (Å²) in [6.45, 7) is 10.9. The average molecular weight is 436 g/mol. The van der Waals surface area contributed by atoms with E-state index < -0.39 is 0 Å². The van der Waals surface area contributed by atoms with Crippen LogP contribution < -0.4 is 5.32 Å². The van der Waals surface area contributed by atoms with Crippen molar-refractivity contribution < 1.29 is 9.90 Å². The number of hydrogen-bond acceptors (Lipinski definition) is 4. The van der Waals surface area contributed by atoms with Gasteiger partial charge in [0.1, 0.15) is 5.75 Å². The lowest BCUT2D eigenvalue weighted by molar-refractivity contribution is -0.127. The Hall–Kier alpha value is -2.37. The van der Waals surface area contributed by atoms with Crippen LogP contribution in [-0.4, -0.2) is 53.5 Å². The van der Waals surface area contributed by atoms with Crippen molar-refractivity contribution in [3.63, 3.8) is 0 Å². The van der Waals surface area contributed by atoms with E-state index in [4.69, 9.17) is 0 Å². The van der Waals surface area contributed by atoms with Crippen molar-refractivity contribution in [3.8, 4) is 5.75 Å². The van der Waals surface area contributed by atoms with E-state index in [0.29, 0.717) is 18.2 Å². The molecule has 0 unspecified atom stereocenters. The SMILES string of the molecule is Cc1cc(C)cc(CNC(=O)[C@@H]2C[C@H](CN3CCCC3)CN(Cc3ccc(O)cc3)C2)c1. The predicted octanol–water partition coefficient (Wildman–Crippen LogP) is 3.86. The highest BCUT2D eigenvalue weighted by atomic mass is 16.3. The van der Waals surface area contributed by atoms with E-state index in [1.807, 2.05) is 12.1 Å². The molecule has 2 fully saturated rings. The van der Waals surface area contributed by atoms with Gasteiger partial charge in [-0.2, -0.15) is 0 Å². The maximum atomic E-state index is 13.2. The van der Waals surface area contributed by atoms with Crippen LogP contribution in [0.4, 0.5) is 0 Å². The molecule has 5 heteroatoms. The minimum Gasteiger partial charge on any atom is -0.508 e. The average Bonchev–Trinajstić information content (AvgIpc) is 3.26. The van der Waals surface area contributed by atoms with Crippen molar-refractivity contribution in [1.82, 2.24) is 15.1 Å². The Kier molecular flexibility index (Phi) is 7.48. The van der Waals surface area contributed by atoms with E-state index in [0.717, 1.165) is 32.6 Å². The molecule has 5 nitrogen and oxygen atoms in total. The number of phenolic OH excluding ortho intramolecular Hbond substituents is 1. The fraction of sp³-hybridized carbons (Fsp3) is 0.519. The summed E-state index contributed by atoms with van der Waals surface area (Å²) in [6, 6.07) is 13.9. The second-order valence-electron chi connectivity index (χ2n) is 9.88. The number of hydrogen-bond donors (Lipinski definition) is 2. The highest BCUT2D eigenvalue weighted by molar-refractivity contribution is 5.79. The quantitative estimate of drug-likeness (QED) is 0.693. The molecule has 0 spiro atoms. The first kappa shape index (κ1) is 22.8. The molecule has 2 aromatic carbocycles. The number of phenols is 1. The monoisotopic (exact) mass is 435 g/mol. The summed E-state index contributed by atoms with van der Waals surface area (Å²) in [5.74, 6) is 0.990. The fourth-order valence-corrected chi connectivity index (χ4v) is 5.45. The molecule has 0 aliphatic carbocycles. The summed E-state index contributed by atoms with van der Waals surface area (Å²) >= 11 is 0. The number of benzene rings is 2. The third kappa shape index (κ3) is 6.33. The van der Waals surface area contributed by atoms with Gasteiger partial charge in [0.2, 0.25) is 5.91 Å². The van der Waals surface area contributed by atoms with Crippen LogP contribution in [0.3, 0.4) is 0 Å². The van der Waals surface area contributed by atoms with Crippen LogP contribution in [0.25, 0.3) is 0 Å². The van der Waals surface area contributed by atoms with Crippen LogP contribution in [0.15, 0.2) is 42.5 Å². The van der Waals surface area contributed by atoms with Crippen LogP contribution >= 0.6 is 0 Å². The molecule has 2 aliphatic heterocycles. The standard InChI is InChI=1S/C27H37N3O2/c1-20-11-21(2)13-23(12-20)15-28-27(32)25-14-24(17-29-9-3-4-10-29)18-30(19-25)16-22-5-7-26(31)8-6-22/h5-8,11-13,24-25,31H,3-4,9-10,14-19H2,1-2H3,(H,28,32)/t24-,25-/m1/s1. The zero-order valence-corrected chi connectivity index (χ0v) is 19.5. The van der Waals surface area contributed by atoms with Crippen LogP contribution in [0.5, 0.6) is 5.75 Å². The van der Waals surface area contributed by atoms with Crippen molar-refractivity contribution in [1.29, 1.82) is 0 Å². The van der Waals surface area contributed by atoms with Gasteiger partial charge in [0.05, 0.1) is 5.92 Å². The number of aryl methyl sites for hydroxylation is 2. The highest BCUT2D eigenvalue weighted by Gasteiger charge is 2.32. The summed E-state index contributed by atoms with van der Waals surface area (Å²) < 4.78 is 0. The summed E-state index contributed by atoms with van der Waals surface area (Å²) in [5.41, 5.74) is 4.82. The van der Waals surface area contributed by atoms with E-state index >= 15 is 0 Å². The molecule has 2 saturated heterocycles. The minimum atomic E-state index is 0.0133. The Balaban J connectivity index is 1.40. The first-order chi connectivity index (χ1) is 15.4. The number of rotatable bonds is 7. The van der Waals surface area contributed by atoms with E-state index in [-0.39, 0.29) is 11.8 Å². The zero-order valence-electron chi connectivity index (χ0n) is 19.5. The molecule has 0 radical (unpaired) electrons. The molecular formula is C27H37N3O2. The van der Waals surface area contributed by atoms with Crippen LogP contribution in [0.2, 0.25) is 0 Å². The maximum absolute atomic E-state index is 13.2. The van der Waals surface area contributed by atoms with Gasteiger partial charge in [0.25, 0.3) is 0 Å². The van der Waals surface area contributed by atoms with Crippen molar-refractivity contribution >= 4 is 5.91 Å². The van der Waals surface area contributed by atoms with Gasteiger partial charge < -0.3 is 15.3 Å². The van der Waals surface area contributed by atoms with Gasteiger partial charge in [-0.3, -0.25) is 9.69 Å². The van der Waals surface area contributed by atoms with Gasteiger partial charge >= 0.3 is 0 Å². The van der Waals surface area contributed by atoms with Crippen molar-refractivity contribution in [2.75, 3.05) is 32.7 Å². The van der Waals surface area contributed by atoms with Crippen molar-refractivity contribution in [3.05, 3.63) is 64.7 Å². The Labute approximate surface area is 192 Å². The molecule has 2 heterocycles. The third-order valence-corrected chi connectivity index (χ3v) is 6.79. The lowest BCUT2D eigenvalue weighted by Gasteiger charge is -2.38. The van der Waals surface area contributed by atoms with Crippen molar-refractivity contribution in [2.24, 2.45) is 11.8 Å². The molecular weight excluding hydrogens is 398 g/mol. The van der Waals surface area contributed by atoms with E-state index in [1.54, 1.807) is 12.1 Å². The van der Waals surface area contributed by atoms with E-state index in [9.17, 15) is 9.90 Å². The van der Waals surface area contributed by atoms with Crippen LogP contribution in [0.1, 0.15) is 41.5 Å². The molecule has 4 rings (SSSR count). The molecule has 2 atom stereocenters. The highest BCUT2D eigenvalue weighted by Crippen LogP contribution is 2.26. The lowest BCUT2D eigenvalue weighted by Crippen LogP contribution is -2.48. The minimum absolute atomic E-state index is 0.0133. The Morgan fingerprint density at radius 1 is 0.969 bits per heavy atom. The topological polar surface area (TPSA) is 55.8 Å². The summed E-state index contributed by atoms with van der Waals surface area (Å²) in [6.07, 6.45) is 3.55. The van der Waals surface area contributed by atoms with Gasteiger partial charge in [0.15, 0.2) is 0 Å². The molecule has 172 valence electrons. The Morgan fingerprint density at radius 2 is 1.66 bits per heavy atom. The van der Waals surface area contributed by atoms with Crippen LogP contribution in [-0.2, 0) is 17.9 Å². The smallest absolute Gasteiger partial charge is 0.224 e. The summed E-state index contributed by atoms with van der Waals surface area (Å²) in [7, 11) is 0. The molecule has 0 bridgehead atoms. The van der Waals surface area contributed by atoms with Gasteiger partial charge in [-0.25, -0.2) is 0 Å². The number of aromatic hydroxyl groups is 1. The summed E-state index contributed by atoms with van der Waals surface area (Å²) in [5, 5.41) is 12.8. The number of carbonyl (C=O) groups is 1. The Bertz CT molecular complexity index is 885. The number of piperidine rings is 1. The van der Waals surface area contributed by atoms with Gasteiger partial charge in [-0.1, -0.05) is 41.5 Å². The van der Waals surface area contributed by atoms with Crippen molar-refractivity contribution in [2.45, 2.75) is 46.2 Å². The van der Waals surface area contributed by atoms with Gasteiger partial charge in [-0.05, 0) is 75.4 Å². The molecule has 2 aromatic rings. The van der Waals surface area contributed by atoms with E-state index in [1.165, 1.54) is 48.2 Å². The van der Waals surface area contributed by atoms with Gasteiger partial charge in [0, 0.05) is 32.7 Å². The predicted molar refractivity (Wildman–Crippen MR) is 128 cm³/mol. The molecule has 32 heavy (non-hydrogen) atoms. The normalized spacial score (nSPS) is 22.2. The molecule has 2 aliphatic rings. The zero-order chi connectivity index (χ0) is 22.5. The molecule has 0 saturated carbocycles. The third-order valence-electron chi connectivity index (χ3n) is 6.79. The molecule has 1 amide bonds. The number of amides is 1. The largest absolute Gasteiger partial charge is 0.508 e. The number of likely N-dealkylation sites (tertiary alicyclic amines) is 2. The fourth-order valence-electron chi connectivity index (χ4n) is 5.45. The van der Waals surface area contributed by atoms with Crippen LogP contribution in [0, 0.1) is 25.7 Å². The second-order valence-corrected chi connectivity index (χ2v) is 9.88. The number of carbonyl (C=O) groups excluding carboxylic acids is 1. The van der Waals surface area contributed by atoms with Gasteiger partial charge in [-0.15, -0.1) is 0 Å². The number of nitrogens with zero attached hydrogens (tertiary/aromatic N) is 2. The maximum Gasteiger partial charge on any atom is 0.224 e. The molecule has 0 aromatic heterocycles. The first-order valence-corrected chi connectivity index (χ1v) is 12.0. The second kappa shape index (κ2) is 10.5. The Morgan fingerprint density at radius 3 is 2.34 bits per heavy atom. The first-order valence-electron chi connectivity index (χ1n) is 12.0. The summed E-state index contributed by atoms with van der Waals surface area (Å²) in [4.78, 5) is 18.2. The lowest BCUT2D eigenvalue weighted by atomic mass is 9.87. The van der Waals surface area contributed by atoms with E-state index in [2.05, 4.69) is 47.2 Å². The number of nitrogens with one attached hydrogen (secondary N) is 1. The molecule has 2 N–H and O–H groups in total.